The van der Waals surface area contributed by atoms with E-state index < -0.39 is 33.6 Å². The predicted octanol–water partition coefficient (Wildman–Crippen LogP) is 0.712. The molecular formula is C27H34N6O7S. The smallest absolute Gasteiger partial charge is 0.323 e. The Morgan fingerprint density at radius 1 is 1.07 bits per heavy atom. The SMILES string of the molecule is CCOC(=O)CS(=O)(=O)N(C/C=C/c1cccc(C(=N)N)c1)c1cc(C(N)=O)c(OC2CCNCC2)c(C(N)=O)c1. The number of ether oxygens (including phenoxy) is 2. The molecule has 3 rings (SSSR count). The first-order chi connectivity index (χ1) is 19.4. The fourth-order valence-corrected chi connectivity index (χ4v) is 5.51. The van der Waals surface area contributed by atoms with E-state index in [0.29, 0.717) is 37.1 Å². The van der Waals surface area contributed by atoms with Crippen molar-refractivity contribution in [3.05, 3.63) is 64.7 Å². The normalized spacial score (nSPS) is 14.0. The molecule has 13 nitrogen and oxygen atoms in total. The number of carbonyl (C=O) groups excluding carboxylic acids is 3. The molecule has 14 heteroatoms. The van der Waals surface area contributed by atoms with Crippen molar-refractivity contribution >= 4 is 45.4 Å². The lowest BCUT2D eigenvalue weighted by molar-refractivity contribution is -0.139. The van der Waals surface area contributed by atoms with Crippen LogP contribution in [0.1, 0.15) is 51.6 Å². The number of amidine groups is 1. The Morgan fingerprint density at radius 3 is 2.27 bits per heavy atom. The van der Waals surface area contributed by atoms with Crippen molar-refractivity contribution in [2.75, 3.05) is 36.3 Å². The van der Waals surface area contributed by atoms with Gasteiger partial charge in [0.15, 0.2) is 5.75 Å². The minimum atomic E-state index is -4.40. The number of benzene rings is 2. The summed E-state index contributed by atoms with van der Waals surface area (Å²) in [6.07, 6.45) is 3.98. The van der Waals surface area contributed by atoms with Crippen LogP contribution >= 0.6 is 0 Å². The molecule has 0 unspecified atom stereocenters. The molecule has 220 valence electrons. The molecule has 1 aliphatic heterocycles. The number of nitrogens with one attached hydrogen (secondary N) is 2. The maximum atomic E-state index is 13.4. The van der Waals surface area contributed by atoms with E-state index in [9.17, 15) is 22.8 Å². The Bertz CT molecular complexity index is 1420. The second kappa shape index (κ2) is 13.8. The minimum Gasteiger partial charge on any atom is -0.489 e. The number of hydrogen-bond donors (Lipinski definition) is 5. The van der Waals surface area contributed by atoms with Crippen molar-refractivity contribution in [1.82, 2.24) is 5.32 Å². The summed E-state index contributed by atoms with van der Waals surface area (Å²) >= 11 is 0. The van der Waals surface area contributed by atoms with Crippen molar-refractivity contribution in [2.45, 2.75) is 25.9 Å². The van der Waals surface area contributed by atoms with Gasteiger partial charge in [-0.25, -0.2) is 8.42 Å². The summed E-state index contributed by atoms with van der Waals surface area (Å²) in [5.41, 5.74) is 17.3. The van der Waals surface area contributed by atoms with Gasteiger partial charge in [-0.2, -0.15) is 0 Å². The molecule has 2 aromatic carbocycles. The Morgan fingerprint density at radius 2 is 1.71 bits per heavy atom. The zero-order valence-electron chi connectivity index (χ0n) is 22.6. The number of nitrogens with zero attached hydrogens (tertiary/aromatic N) is 1. The molecule has 0 atom stereocenters. The van der Waals surface area contributed by atoms with Crippen molar-refractivity contribution < 1.29 is 32.3 Å². The highest BCUT2D eigenvalue weighted by atomic mass is 32.2. The van der Waals surface area contributed by atoms with E-state index in [4.69, 9.17) is 32.1 Å². The molecule has 0 radical (unpaired) electrons. The van der Waals surface area contributed by atoms with Crippen LogP contribution in [-0.2, 0) is 19.6 Å². The number of esters is 1. The highest BCUT2D eigenvalue weighted by Crippen LogP contribution is 2.33. The average Bonchev–Trinajstić information content (AvgIpc) is 2.91. The molecule has 1 fully saturated rings. The van der Waals surface area contributed by atoms with Crippen LogP contribution in [0.3, 0.4) is 0 Å². The van der Waals surface area contributed by atoms with Crippen LogP contribution in [0.5, 0.6) is 5.75 Å². The van der Waals surface area contributed by atoms with Crippen LogP contribution in [0.4, 0.5) is 5.69 Å². The van der Waals surface area contributed by atoms with Crippen LogP contribution in [0.25, 0.3) is 6.08 Å². The van der Waals surface area contributed by atoms with Gasteiger partial charge in [0, 0.05) is 5.56 Å². The summed E-state index contributed by atoms with van der Waals surface area (Å²) < 4.78 is 38.6. The summed E-state index contributed by atoms with van der Waals surface area (Å²) in [5.74, 6) is -4.16. The molecule has 1 heterocycles. The highest BCUT2D eigenvalue weighted by Gasteiger charge is 2.30. The monoisotopic (exact) mass is 586 g/mol. The van der Waals surface area contributed by atoms with Crippen molar-refractivity contribution in [3.63, 3.8) is 0 Å². The fourth-order valence-electron chi connectivity index (χ4n) is 4.23. The zero-order chi connectivity index (χ0) is 30.2. The van der Waals surface area contributed by atoms with Gasteiger partial charge >= 0.3 is 5.97 Å². The van der Waals surface area contributed by atoms with E-state index in [-0.39, 0.29) is 47.7 Å². The molecule has 8 N–H and O–H groups in total. The standard InChI is InChI=1S/C27H34N6O7S/c1-2-39-23(34)16-41(37,38)33(12-4-6-17-5-3-7-18(13-17)25(28)29)19-14-21(26(30)35)24(22(15-19)27(31)36)40-20-8-10-32-11-9-20/h3-7,13-15,20,32H,2,8-12,16H2,1H3,(H3,28,29)(H2,30,35)(H2,31,36)/b6-4+. The van der Waals surface area contributed by atoms with Crippen LogP contribution in [0, 0.1) is 5.41 Å². The molecule has 41 heavy (non-hydrogen) atoms. The minimum absolute atomic E-state index is 0.0267. The quantitative estimate of drug-likeness (QED) is 0.126. The third kappa shape index (κ3) is 8.28. The number of sulfonamides is 1. The number of rotatable bonds is 13. The lowest BCUT2D eigenvalue weighted by Crippen LogP contribution is -2.37. The van der Waals surface area contributed by atoms with Crippen molar-refractivity contribution in [2.24, 2.45) is 17.2 Å². The molecular weight excluding hydrogens is 552 g/mol. The molecule has 1 aliphatic rings. The van der Waals surface area contributed by atoms with E-state index in [0.717, 1.165) is 4.31 Å². The third-order valence-electron chi connectivity index (χ3n) is 6.18. The molecule has 0 aliphatic carbocycles. The van der Waals surface area contributed by atoms with Crippen LogP contribution < -0.4 is 31.6 Å². The number of amides is 2. The molecule has 0 spiro atoms. The Balaban J connectivity index is 2.09. The Kier molecular flexibility index (Phi) is 10.4. The van der Waals surface area contributed by atoms with Crippen LogP contribution in [0.15, 0.2) is 42.5 Å². The lowest BCUT2D eigenvalue weighted by atomic mass is 10.0. The largest absolute Gasteiger partial charge is 0.489 e. The van der Waals surface area contributed by atoms with Gasteiger partial charge in [-0.1, -0.05) is 30.4 Å². The molecule has 2 aromatic rings. The first-order valence-electron chi connectivity index (χ1n) is 12.8. The fraction of sp³-hybridized carbons (Fsp3) is 0.333. The summed E-state index contributed by atoms with van der Waals surface area (Å²) in [7, 11) is -4.40. The topological polar surface area (TPSA) is 221 Å². The van der Waals surface area contributed by atoms with Gasteiger partial charge < -0.3 is 32.0 Å². The van der Waals surface area contributed by atoms with Crippen molar-refractivity contribution in [3.8, 4) is 5.75 Å². The number of nitrogens with two attached hydrogens (primary N) is 3. The molecule has 1 saturated heterocycles. The van der Waals surface area contributed by atoms with Gasteiger partial charge in [0.1, 0.15) is 17.7 Å². The van der Waals surface area contributed by atoms with Gasteiger partial charge in [0.25, 0.3) is 11.8 Å². The number of carbonyl (C=O) groups is 3. The Hall–Kier alpha value is -4.43. The average molecular weight is 587 g/mol. The molecule has 2 amide bonds. The van der Waals surface area contributed by atoms with Gasteiger partial charge in [-0.3, -0.25) is 24.1 Å². The molecule has 0 bridgehead atoms. The molecule has 0 saturated carbocycles. The number of nitrogen functional groups attached to an aromatic ring is 1. The summed E-state index contributed by atoms with van der Waals surface area (Å²) in [6.45, 7) is 2.54. The first-order valence-corrected chi connectivity index (χ1v) is 14.5. The lowest BCUT2D eigenvalue weighted by Gasteiger charge is -2.28. The third-order valence-corrected chi connectivity index (χ3v) is 7.82. The van der Waals surface area contributed by atoms with Gasteiger partial charge in [-0.05, 0) is 56.6 Å². The number of primary amides is 2. The van der Waals surface area contributed by atoms with E-state index in [2.05, 4.69) is 5.32 Å². The second-order valence-corrected chi connectivity index (χ2v) is 11.1. The van der Waals surface area contributed by atoms with Crippen LogP contribution in [-0.4, -0.2) is 70.1 Å². The zero-order valence-corrected chi connectivity index (χ0v) is 23.4. The van der Waals surface area contributed by atoms with Gasteiger partial charge in [0.2, 0.25) is 10.0 Å². The number of hydrogen-bond acceptors (Lipinski definition) is 9. The van der Waals surface area contributed by atoms with E-state index >= 15 is 0 Å². The van der Waals surface area contributed by atoms with E-state index in [1.165, 1.54) is 18.2 Å². The highest BCUT2D eigenvalue weighted by molar-refractivity contribution is 7.93. The van der Waals surface area contributed by atoms with Gasteiger partial charge in [-0.15, -0.1) is 0 Å². The predicted molar refractivity (Wildman–Crippen MR) is 154 cm³/mol. The maximum Gasteiger partial charge on any atom is 0.323 e. The van der Waals surface area contributed by atoms with Gasteiger partial charge in [0.05, 0.1) is 30.0 Å². The Labute approximate surface area is 238 Å². The van der Waals surface area contributed by atoms with E-state index in [1.54, 1.807) is 37.3 Å². The van der Waals surface area contributed by atoms with E-state index in [1.807, 2.05) is 0 Å². The number of anilines is 1. The maximum absolute atomic E-state index is 13.4. The number of piperidine rings is 1. The summed E-state index contributed by atoms with van der Waals surface area (Å²) in [4.78, 5) is 37.2. The second-order valence-electron chi connectivity index (χ2n) is 9.20. The first kappa shape index (κ1) is 31.1. The van der Waals surface area contributed by atoms with Crippen molar-refractivity contribution in [1.29, 1.82) is 5.41 Å². The van der Waals surface area contributed by atoms with Crippen LogP contribution in [0.2, 0.25) is 0 Å². The summed E-state index contributed by atoms with van der Waals surface area (Å²) in [6, 6.07) is 9.09. The molecule has 0 aromatic heterocycles. The summed E-state index contributed by atoms with van der Waals surface area (Å²) in [5, 5.41) is 10.8.